The number of aromatic nitrogens is 1. The predicted molar refractivity (Wildman–Crippen MR) is 110 cm³/mol. The Bertz CT molecular complexity index is 1170. The average molecular weight is 390 g/mol. The van der Waals surface area contributed by atoms with Gasteiger partial charge in [-0.1, -0.05) is 12.1 Å². The molecule has 1 atom stereocenters. The minimum Gasteiger partial charge on any atom is -0.454 e. The molecule has 1 amide bonds. The van der Waals surface area contributed by atoms with Gasteiger partial charge in [-0.05, 0) is 60.2 Å². The van der Waals surface area contributed by atoms with Crippen LogP contribution in [0.1, 0.15) is 29.0 Å². The molecule has 1 saturated heterocycles. The summed E-state index contributed by atoms with van der Waals surface area (Å²) >= 11 is 0. The fraction of sp³-hybridized carbons (Fsp3) is 0.304. The molecule has 1 unspecified atom stereocenters. The van der Waals surface area contributed by atoms with Gasteiger partial charge in [0.15, 0.2) is 11.5 Å². The van der Waals surface area contributed by atoms with Crippen molar-refractivity contribution < 1.29 is 14.3 Å². The molecule has 0 radical (unpaired) electrons. The summed E-state index contributed by atoms with van der Waals surface area (Å²) in [6.45, 7) is 3.54. The Morgan fingerprint density at radius 3 is 2.90 bits per heavy atom. The lowest BCUT2D eigenvalue weighted by Gasteiger charge is -2.17. The second kappa shape index (κ2) is 6.95. The number of hydrogen-bond donors (Lipinski definition) is 1. The highest BCUT2D eigenvalue weighted by molar-refractivity contribution is 5.83. The van der Waals surface area contributed by atoms with Crippen LogP contribution in [-0.4, -0.2) is 35.7 Å². The molecule has 3 heterocycles. The molecule has 3 aromatic rings. The summed E-state index contributed by atoms with van der Waals surface area (Å²) in [4.78, 5) is 29.4. The first kappa shape index (κ1) is 17.8. The molecule has 29 heavy (non-hydrogen) atoms. The topological polar surface area (TPSA) is 71.6 Å². The normalized spacial score (nSPS) is 17.8. The summed E-state index contributed by atoms with van der Waals surface area (Å²) in [5.74, 6) is 2.02. The number of nitrogens with zero attached hydrogens (tertiary/aromatic N) is 1. The number of benzene rings is 2. The van der Waals surface area contributed by atoms with Crippen LogP contribution in [0.4, 0.5) is 0 Å². The summed E-state index contributed by atoms with van der Waals surface area (Å²) in [5, 5.41) is 0.951. The molecule has 6 nitrogen and oxygen atoms in total. The van der Waals surface area contributed by atoms with Crippen LogP contribution in [0.5, 0.6) is 11.5 Å². The van der Waals surface area contributed by atoms with Crippen molar-refractivity contribution >= 4 is 16.8 Å². The maximum Gasteiger partial charge on any atom is 0.251 e. The molecule has 6 heteroatoms. The van der Waals surface area contributed by atoms with Crippen molar-refractivity contribution in [2.45, 2.75) is 25.7 Å². The lowest BCUT2D eigenvalue weighted by atomic mass is 9.98. The minimum absolute atomic E-state index is 0.0760. The number of carbonyl (C=O) groups is 1. The van der Waals surface area contributed by atoms with Gasteiger partial charge in [-0.15, -0.1) is 0 Å². The number of ether oxygens (including phenoxy) is 2. The molecule has 5 rings (SSSR count). The molecule has 0 bridgehead atoms. The smallest absolute Gasteiger partial charge is 0.251 e. The Hall–Kier alpha value is -3.28. The summed E-state index contributed by atoms with van der Waals surface area (Å²) < 4.78 is 10.9. The van der Waals surface area contributed by atoms with Crippen molar-refractivity contribution in [1.29, 1.82) is 0 Å². The van der Waals surface area contributed by atoms with Gasteiger partial charge in [0, 0.05) is 30.1 Å². The highest BCUT2D eigenvalue weighted by atomic mass is 16.7. The van der Waals surface area contributed by atoms with Gasteiger partial charge in [-0.3, -0.25) is 9.59 Å². The van der Waals surface area contributed by atoms with E-state index >= 15 is 0 Å². The number of fused-ring (bicyclic) bond motifs is 2. The zero-order chi connectivity index (χ0) is 20.0. The van der Waals surface area contributed by atoms with Crippen LogP contribution in [0.2, 0.25) is 0 Å². The van der Waals surface area contributed by atoms with Gasteiger partial charge < -0.3 is 19.4 Å². The molecular formula is C23H22N2O4. The molecule has 0 saturated carbocycles. The van der Waals surface area contributed by atoms with Gasteiger partial charge in [-0.25, -0.2) is 0 Å². The molecule has 1 N–H and O–H groups in total. The van der Waals surface area contributed by atoms with E-state index in [4.69, 9.17) is 9.47 Å². The molecule has 1 aromatic heterocycles. The van der Waals surface area contributed by atoms with Crippen molar-refractivity contribution in [3.05, 3.63) is 69.5 Å². The molecule has 2 aliphatic rings. The van der Waals surface area contributed by atoms with E-state index in [1.807, 2.05) is 41.3 Å². The van der Waals surface area contributed by atoms with Crippen molar-refractivity contribution in [3.8, 4) is 11.5 Å². The Morgan fingerprint density at radius 1 is 1.14 bits per heavy atom. The van der Waals surface area contributed by atoms with Crippen LogP contribution in [-0.2, 0) is 11.2 Å². The van der Waals surface area contributed by atoms with Crippen LogP contribution in [0, 0.1) is 6.92 Å². The lowest BCUT2D eigenvalue weighted by molar-refractivity contribution is -0.129. The third kappa shape index (κ3) is 3.35. The quantitative estimate of drug-likeness (QED) is 0.746. The number of H-pyrrole nitrogens is 1. The second-order valence-corrected chi connectivity index (χ2v) is 7.82. The summed E-state index contributed by atoms with van der Waals surface area (Å²) in [6, 6.07) is 13.7. The number of likely N-dealkylation sites (tertiary alicyclic amines) is 1. The number of rotatable bonds is 3. The zero-order valence-electron chi connectivity index (χ0n) is 16.2. The van der Waals surface area contributed by atoms with E-state index in [-0.39, 0.29) is 18.3 Å². The van der Waals surface area contributed by atoms with E-state index in [9.17, 15) is 9.59 Å². The number of pyridine rings is 1. The number of carbonyl (C=O) groups excluding carboxylic acids is 1. The van der Waals surface area contributed by atoms with E-state index in [2.05, 4.69) is 11.1 Å². The standard InChI is InChI=1S/C23H22N2O4/c1-14-8-18-9-15(2-4-19(18)24-23(14)27)10-22(26)25-7-6-17(12-25)16-3-5-20-21(11-16)29-13-28-20/h2-5,8-9,11,17H,6-7,10,12-13H2,1H3,(H,24,27). The largest absolute Gasteiger partial charge is 0.454 e. The van der Waals surface area contributed by atoms with E-state index < -0.39 is 0 Å². The highest BCUT2D eigenvalue weighted by Crippen LogP contribution is 2.37. The first-order chi connectivity index (χ1) is 14.1. The van der Waals surface area contributed by atoms with Crippen LogP contribution in [0.3, 0.4) is 0 Å². The summed E-state index contributed by atoms with van der Waals surface area (Å²) in [7, 11) is 0. The minimum atomic E-state index is -0.0760. The summed E-state index contributed by atoms with van der Waals surface area (Å²) in [5.41, 5.74) is 3.54. The van der Waals surface area contributed by atoms with Gasteiger partial charge in [0.25, 0.3) is 5.56 Å². The fourth-order valence-corrected chi connectivity index (χ4v) is 4.19. The van der Waals surface area contributed by atoms with E-state index in [0.717, 1.165) is 47.5 Å². The monoisotopic (exact) mass is 390 g/mol. The average Bonchev–Trinajstić information content (AvgIpc) is 3.38. The van der Waals surface area contributed by atoms with Crippen LogP contribution in [0.25, 0.3) is 10.9 Å². The van der Waals surface area contributed by atoms with Crippen LogP contribution in [0.15, 0.2) is 47.3 Å². The van der Waals surface area contributed by atoms with Gasteiger partial charge in [0.1, 0.15) is 0 Å². The third-order valence-electron chi connectivity index (χ3n) is 5.86. The second-order valence-electron chi connectivity index (χ2n) is 7.82. The van der Waals surface area contributed by atoms with Crippen molar-refractivity contribution in [2.75, 3.05) is 19.9 Å². The molecule has 2 aromatic carbocycles. The van der Waals surface area contributed by atoms with Gasteiger partial charge in [0.05, 0.1) is 6.42 Å². The molecule has 0 aliphatic carbocycles. The van der Waals surface area contributed by atoms with Gasteiger partial charge in [0.2, 0.25) is 12.7 Å². The van der Waals surface area contributed by atoms with Gasteiger partial charge >= 0.3 is 0 Å². The lowest BCUT2D eigenvalue weighted by Crippen LogP contribution is -2.29. The van der Waals surface area contributed by atoms with Crippen molar-refractivity contribution in [2.24, 2.45) is 0 Å². The highest BCUT2D eigenvalue weighted by Gasteiger charge is 2.28. The maximum atomic E-state index is 12.9. The molecule has 148 valence electrons. The Balaban J connectivity index is 1.28. The van der Waals surface area contributed by atoms with E-state index in [1.165, 1.54) is 5.56 Å². The number of amides is 1. The SMILES string of the molecule is Cc1cc2cc(CC(=O)N3CCC(c4ccc5c(c4)OCO5)C3)ccc2[nH]c1=O. The van der Waals surface area contributed by atoms with Crippen LogP contribution < -0.4 is 15.0 Å². The molecule has 2 aliphatic heterocycles. The zero-order valence-corrected chi connectivity index (χ0v) is 16.2. The fourth-order valence-electron chi connectivity index (χ4n) is 4.19. The molecule has 0 spiro atoms. The van der Waals surface area contributed by atoms with Crippen molar-refractivity contribution in [1.82, 2.24) is 9.88 Å². The van der Waals surface area contributed by atoms with Crippen LogP contribution >= 0.6 is 0 Å². The summed E-state index contributed by atoms with van der Waals surface area (Å²) in [6.07, 6.45) is 1.31. The maximum absolute atomic E-state index is 12.9. The Kier molecular flexibility index (Phi) is 4.27. The molecular weight excluding hydrogens is 368 g/mol. The number of aryl methyl sites for hydroxylation is 1. The van der Waals surface area contributed by atoms with E-state index in [0.29, 0.717) is 17.9 Å². The van der Waals surface area contributed by atoms with E-state index in [1.54, 1.807) is 6.92 Å². The van der Waals surface area contributed by atoms with Crippen molar-refractivity contribution in [3.63, 3.8) is 0 Å². The first-order valence-corrected chi connectivity index (χ1v) is 9.87. The first-order valence-electron chi connectivity index (χ1n) is 9.87. The number of nitrogens with one attached hydrogen (secondary N) is 1. The Labute approximate surface area is 168 Å². The molecule has 1 fully saturated rings. The number of aromatic amines is 1. The number of hydrogen-bond acceptors (Lipinski definition) is 4. The predicted octanol–water partition coefficient (Wildman–Crippen LogP) is 3.12. The van der Waals surface area contributed by atoms with Gasteiger partial charge in [-0.2, -0.15) is 0 Å². The Morgan fingerprint density at radius 2 is 2.00 bits per heavy atom. The third-order valence-corrected chi connectivity index (χ3v) is 5.86.